The predicted octanol–water partition coefficient (Wildman–Crippen LogP) is 4.44. The fourth-order valence-corrected chi connectivity index (χ4v) is 1.92. The Kier molecular flexibility index (Phi) is 3.56. The number of benzene rings is 1. The van der Waals surface area contributed by atoms with Crippen molar-refractivity contribution in [3.63, 3.8) is 0 Å². The Hall–Kier alpha value is -0.930. The zero-order valence-corrected chi connectivity index (χ0v) is 10.6. The third-order valence-corrected chi connectivity index (χ3v) is 3.05. The number of alkyl halides is 1. The highest BCUT2D eigenvalue weighted by molar-refractivity contribution is 9.08. The van der Waals surface area contributed by atoms with Gasteiger partial charge in [0.05, 0.1) is 16.4 Å². The van der Waals surface area contributed by atoms with E-state index in [0.29, 0.717) is 21.6 Å². The van der Waals surface area contributed by atoms with Gasteiger partial charge in [-0.25, -0.2) is 4.39 Å². The molecule has 0 aliphatic carbocycles. The van der Waals surface area contributed by atoms with Crippen LogP contribution >= 0.6 is 27.5 Å². The third kappa shape index (κ3) is 2.25. The number of hydrogen-bond donors (Lipinski definition) is 0. The van der Waals surface area contributed by atoms with Crippen LogP contribution in [0.5, 0.6) is 0 Å². The van der Waals surface area contributed by atoms with Gasteiger partial charge in [0.15, 0.2) is 0 Å². The molecule has 4 heteroatoms. The molecule has 0 fully saturated rings. The molecule has 0 spiro atoms. The number of halogens is 3. The SMILES string of the molecule is Fc1ccccc1-c1nc(CBr)ccc1Cl. The van der Waals surface area contributed by atoms with Gasteiger partial charge in [-0.3, -0.25) is 4.98 Å². The van der Waals surface area contributed by atoms with Crippen molar-refractivity contribution in [1.82, 2.24) is 4.98 Å². The number of aromatic nitrogens is 1. The highest BCUT2D eigenvalue weighted by Gasteiger charge is 2.10. The summed E-state index contributed by atoms with van der Waals surface area (Å²) >= 11 is 9.32. The maximum absolute atomic E-state index is 13.6. The lowest BCUT2D eigenvalue weighted by atomic mass is 10.1. The average molecular weight is 301 g/mol. The molecule has 0 aliphatic heterocycles. The molecule has 0 saturated heterocycles. The van der Waals surface area contributed by atoms with E-state index in [9.17, 15) is 4.39 Å². The van der Waals surface area contributed by atoms with Crippen LogP contribution < -0.4 is 0 Å². The minimum absolute atomic E-state index is 0.316. The molecule has 0 amide bonds. The number of rotatable bonds is 2. The number of hydrogen-bond acceptors (Lipinski definition) is 1. The Morgan fingerprint density at radius 2 is 1.94 bits per heavy atom. The number of nitrogens with zero attached hydrogens (tertiary/aromatic N) is 1. The van der Waals surface area contributed by atoms with Crippen molar-refractivity contribution in [2.75, 3.05) is 0 Å². The van der Waals surface area contributed by atoms with E-state index in [1.54, 1.807) is 30.3 Å². The second kappa shape index (κ2) is 4.93. The van der Waals surface area contributed by atoms with Crippen LogP contribution in [0, 0.1) is 5.82 Å². The van der Waals surface area contributed by atoms with Crippen molar-refractivity contribution >= 4 is 27.5 Å². The van der Waals surface area contributed by atoms with Gasteiger partial charge in [-0.2, -0.15) is 0 Å². The first-order valence-electron chi connectivity index (χ1n) is 4.68. The number of pyridine rings is 1. The molecule has 1 aromatic carbocycles. The van der Waals surface area contributed by atoms with Crippen LogP contribution in [0.15, 0.2) is 36.4 Å². The molecule has 0 atom stereocenters. The third-order valence-electron chi connectivity index (χ3n) is 2.17. The lowest BCUT2D eigenvalue weighted by molar-refractivity contribution is 0.630. The Morgan fingerprint density at radius 3 is 2.62 bits per heavy atom. The first kappa shape index (κ1) is 11.6. The average Bonchev–Trinajstić information content (AvgIpc) is 2.31. The second-order valence-electron chi connectivity index (χ2n) is 3.25. The van der Waals surface area contributed by atoms with Gasteiger partial charge in [-0.15, -0.1) is 0 Å². The van der Waals surface area contributed by atoms with Crippen molar-refractivity contribution in [3.8, 4) is 11.3 Å². The van der Waals surface area contributed by atoms with E-state index in [1.165, 1.54) is 6.07 Å². The zero-order valence-electron chi connectivity index (χ0n) is 8.25. The molecule has 82 valence electrons. The normalized spacial score (nSPS) is 10.4. The summed E-state index contributed by atoms with van der Waals surface area (Å²) in [6.07, 6.45) is 0. The Balaban J connectivity index is 2.59. The van der Waals surface area contributed by atoms with E-state index in [2.05, 4.69) is 20.9 Å². The molecule has 0 N–H and O–H groups in total. The molecule has 1 nitrogen and oxygen atoms in total. The summed E-state index contributed by atoms with van der Waals surface area (Å²) in [6.45, 7) is 0. The minimum atomic E-state index is -0.316. The molecular formula is C12H8BrClFN. The molecule has 0 unspecified atom stereocenters. The minimum Gasteiger partial charge on any atom is -0.250 e. The van der Waals surface area contributed by atoms with Crippen molar-refractivity contribution in [2.24, 2.45) is 0 Å². The van der Waals surface area contributed by atoms with E-state index < -0.39 is 0 Å². The summed E-state index contributed by atoms with van der Waals surface area (Å²) in [4.78, 5) is 4.30. The molecule has 1 aromatic heterocycles. The molecule has 2 rings (SSSR count). The van der Waals surface area contributed by atoms with Gasteiger partial charge in [0, 0.05) is 10.9 Å². The quantitative estimate of drug-likeness (QED) is 0.747. The maximum Gasteiger partial charge on any atom is 0.132 e. The molecule has 0 bridgehead atoms. The van der Waals surface area contributed by atoms with Crippen LogP contribution in [0.3, 0.4) is 0 Å². The van der Waals surface area contributed by atoms with E-state index >= 15 is 0 Å². The van der Waals surface area contributed by atoms with Crippen LogP contribution in [0.1, 0.15) is 5.69 Å². The van der Waals surface area contributed by atoms with Crippen molar-refractivity contribution in [1.29, 1.82) is 0 Å². The summed E-state index contributed by atoms with van der Waals surface area (Å²) in [7, 11) is 0. The largest absolute Gasteiger partial charge is 0.250 e. The second-order valence-corrected chi connectivity index (χ2v) is 4.21. The highest BCUT2D eigenvalue weighted by Crippen LogP contribution is 2.28. The molecule has 1 heterocycles. The summed E-state index contributed by atoms with van der Waals surface area (Å²) in [6, 6.07) is 10.0. The van der Waals surface area contributed by atoms with Gasteiger partial charge >= 0.3 is 0 Å². The molecule has 0 radical (unpaired) electrons. The summed E-state index contributed by atoms with van der Waals surface area (Å²) in [5.41, 5.74) is 1.73. The van der Waals surface area contributed by atoms with Gasteiger partial charge in [0.25, 0.3) is 0 Å². The Bertz CT molecular complexity index is 516. The standard InChI is InChI=1S/C12H8BrClFN/c13-7-8-5-6-10(14)12(16-8)9-3-1-2-4-11(9)15/h1-6H,7H2. The maximum atomic E-state index is 13.6. The summed E-state index contributed by atoms with van der Waals surface area (Å²) in [5, 5.41) is 1.07. The highest BCUT2D eigenvalue weighted by atomic mass is 79.9. The van der Waals surface area contributed by atoms with E-state index in [4.69, 9.17) is 11.6 Å². The van der Waals surface area contributed by atoms with Crippen LogP contribution in [-0.2, 0) is 5.33 Å². The van der Waals surface area contributed by atoms with Crippen LogP contribution in [0.4, 0.5) is 4.39 Å². The van der Waals surface area contributed by atoms with Gasteiger partial charge in [-0.05, 0) is 24.3 Å². The van der Waals surface area contributed by atoms with E-state index in [-0.39, 0.29) is 5.82 Å². The Labute approximate surface area is 106 Å². The van der Waals surface area contributed by atoms with Crippen molar-refractivity contribution < 1.29 is 4.39 Å². The van der Waals surface area contributed by atoms with Gasteiger partial charge < -0.3 is 0 Å². The lowest BCUT2D eigenvalue weighted by Gasteiger charge is -2.06. The first-order chi connectivity index (χ1) is 7.72. The monoisotopic (exact) mass is 299 g/mol. The Morgan fingerprint density at radius 1 is 1.19 bits per heavy atom. The van der Waals surface area contributed by atoms with Gasteiger partial charge in [0.2, 0.25) is 0 Å². The first-order valence-corrected chi connectivity index (χ1v) is 6.18. The fourth-order valence-electron chi connectivity index (χ4n) is 1.40. The topological polar surface area (TPSA) is 12.9 Å². The van der Waals surface area contributed by atoms with Crippen LogP contribution in [-0.4, -0.2) is 4.98 Å². The van der Waals surface area contributed by atoms with Crippen LogP contribution in [0.2, 0.25) is 5.02 Å². The van der Waals surface area contributed by atoms with E-state index in [1.807, 2.05) is 0 Å². The zero-order chi connectivity index (χ0) is 11.5. The predicted molar refractivity (Wildman–Crippen MR) is 67.3 cm³/mol. The van der Waals surface area contributed by atoms with Gasteiger partial charge in [0.1, 0.15) is 5.82 Å². The lowest BCUT2D eigenvalue weighted by Crippen LogP contribution is -1.92. The summed E-state index contributed by atoms with van der Waals surface area (Å²) < 4.78 is 13.6. The molecule has 16 heavy (non-hydrogen) atoms. The smallest absolute Gasteiger partial charge is 0.132 e. The van der Waals surface area contributed by atoms with E-state index in [0.717, 1.165) is 5.69 Å². The molecule has 0 saturated carbocycles. The molecular weight excluding hydrogens is 292 g/mol. The fraction of sp³-hybridized carbons (Fsp3) is 0.0833. The van der Waals surface area contributed by atoms with Crippen molar-refractivity contribution in [2.45, 2.75) is 5.33 Å². The van der Waals surface area contributed by atoms with Gasteiger partial charge in [-0.1, -0.05) is 39.7 Å². The van der Waals surface area contributed by atoms with Crippen molar-refractivity contribution in [3.05, 3.63) is 52.9 Å². The molecule has 0 aliphatic rings. The summed E-state index contributed by atoms with van der Waals surface area (Å²) in [5.74, 6) is -0.316. The van der Waals surface area contributed by atoms with Crippen LogP contribution in [0.25, 0.3) is 11.3 Å². The molecule has 2 aromatic rings.